The number of halogens is 4. The second kappa shape index (κ2) is 5.77. The number of nitrogens with one attached hydrogen (secondary N) is 1. The Morgan fingerprint density at radius 3 is 2.78 bits per heavy atom. The molecule has 0 aliphatic heterocycles. The molecule has 2 rings (SSSR count). The summed E-state index contributed by atoms with van der Waals surface area (Å²) in [6, 6.07) is 3.16. The molecule has 0 saturated carbocycles. The lowest BCUT2D eigenvalue weighted by Crippen LogP contribution is -2.11. The van der Waals surface area contributed by atoms with Gasteiger partial charge in [-0.05, 0) is 44.6 Å². The van der Waals surface area contributed by atoms with Crippen LogP contribution in [0, 0.1) is 3.57 Å². The number of rotatable bonds is 2. The summed E-state index contributed by atoms with van der Waals surface area (Å²) in [5, 5.41) is 0.818. The van der Waals surface area contributed by atoms with Crippen LogP contribution in [0.25, 0.3) is 0 Å². The molecule has 0 aliphatic carbocycles. The highest BCUT2D eigenvalue weighted by Gasteiger charge is 2.12. The Hall–Kier alpha value is -0.310. The second-order valence-corrected chi connectivity index (χ2v) is 5.90. The van der Waals surface area contributed by atoms with E-state index in [2.05, 4.69) is 25.9 Å². The Morgan fingerprint density at radius 1 is 1.33 bits per heavy atom. The molecule has 1 N–H and O–H groups in total. The number of aromatic amines is 1. The number of H-pyrrole nitrogens is 1. The van der Waals surface area contributed by atoms with E-state index >= 15 is 0 Å². The topological polar surface area (TPSA) is 55.0 Å². The molecule has 8 heteroatoms. The Labute approximate surface area is 134 Å². The highest BCUT2D eigenvalue weighted by Crippen LogP contribution is 2.36. The van der Waals surface area contributed by atoms with Crippen molar-refractivity contribution < 1.29 is 4.74 Å². The molecule has 4 nitrogen and oxygen atoms in total. The summed E-state index contributed by atoms with van der Waals surface area (Å²) in [7, 11) is 0. The molecule has 0 amide bonds. The molecule has 0 saturated heterocycles. The molecule has 94 valence electrons. The lowest BCUT2D eigenvalue weighted by atomic mass is 10.3. The van der Waals surface area contributed by atoms with E-state index in [0.717, 1.165) is 0 Å². The zero-order chi connectivity index (χ0) is 13.3. The lowest BCUT2D eigenvalue weighted by Gasteiger charge is -2.08. The Bertz CT molecular complexity index is 663. The van der Waals surface area contributed by atoms with Crippen LogP contribution in [0.1, 0.15) is 0 Å². The van der Waals surface area contributed by atoms with Gasteiger partial charge >= 0.3 is 0 Å². The van der Waals surface area contributed by atoms with Gasteiger partial charge in [0.25, 0.3) is 5.56 Å². The second-order valence-electron chi connectivity index (χ2n) is 3.15. The summed E-state index contributed by atoms with van der Waals surface area (Å²) < 4.78 is 6.48. The van der Waals surface area contributed by atoms with Gasteiger partial charge in [0, 0.05) is 10.5 Å². The van der Waals surface area contributed by atoms with Gasteiger partial charge in [0.15, 0.2) is 0 Å². The Kier molecular flexibility index (Phi) is 4.52. The molecular formula is C10H4BrCl2IN2O2. The molecule has 1 heterocycles. The molecule has 0 aliphatic rings. The Morgan fingerprint density at radius 2 is 2.06 bits per heavy atom. The van der Waals surface area contributed by atoms with E-state index in [9.17, 15) is 4.79 Å². The zero-order valence-electron chi connectivity index (χ0n) is 8.51. The molecule has 0 fully saturated rings. The van der Waals surface area contributed by atoms with Crippen molar-refractivity contribution in [2.24, 2.45) is 0 Å². The van der Waals surface area contributed by atoms with Crippen LogP contribution in [0.4, 0.5) is 0 Å². The fourth-order valence-corrected chi connectivity index (χ4v) is 2.36. The molecule has 0 atom stereocenters. The van der Waals surface area contributed by atoms with Crippen LogP contribution in [0.2, 0.25) is 10.0 Å². The standard InChI is InChI=1S/C10H4BrCl2IN2O2/c11-4-1-6(13)7(2-5(4)12)18-10-8(14)9(17)15-3-16-10/h1-3H,(H,15,16,17). The highest BCUT2D eigenvalue weighted by molar-refractivity contribution is 14.1. The van der Waals surface area contributed by atoms with E-state index in [-0.39, 0.29) is 11.4 Å². The van der Waals surface area contributed by atoms with E-state index in [1.165, 1.54) is 6.33 Å². The van der Waals surface area contributed by atoms with Crippen LogP contribution in [0.15, 0.2) is 27.7 Å². The number of aromatic nitrogens is 2. The normalized spacial score (nSPS) is 10.4. The van der Waals surface area contributed by atoms with Crippen LogP contribution in [-0.2, 0) is 0 Å². The maximum atomic E-state index is 11.4. The first-order valence-corrected chi connectivity index (χ1v) is 7.17. The van der Waals surface area contributed by atoms with Crippen molar-refractivity contribution in [3.05, 3.63) is 46.9 Å². The molecule has 0 unspecified atom stereocenters. The third kappa shape index (κ3) is 2.98. The minimum atomic E-state index is -0.278. The van der Waals surface area contributed by atoms with Crippen LogP contribution in [-0.4, -0.2) is 9.97 Å². The van der Waals surface area contributed by atoms with E-state index < -0.39 is 0 Å². The van der Waals surface area contributed by atoms with Gasteiger partial charge in [0.05, 0.1) is 16.4 Å². The summed E-state index contributed by atoms with van der Waals surface area (Å²) in [5.41, 5.74) is -0.278. The van der Waals surface area contributed by atoms with E-state index in [4.69, 9.17) is 27.9 Å². The minimum absolute atomic E-state index is 0.180. The molecular weight excluding hydrogens is 458 g/mol. The smallest absolute Gasteiger partial charge is 0.268 e. The SMILES string of the molecule is O=c1[nH]cnc(Oc2cc(Cl)c(Br)cc2Cl)c1I. The van der Waals surface area contributed by atoms with Crippen molar-refractivity contribution in [1.29, 1.82) is 0 Å². The van der Waals surface area contributed by atoms with Gasteiger partial charge in [-0.25, -0.2) is 4.98 Å². The Balaban J connectivity index is 2.43. The van der Waals surface area contributed by atoms with Gasteiger partial charge in [-0.2, -0.15) is 0 Å². The fraction of sp³-hybridized carbons (Fsp3) is 0. The number of hydrogen-bond acceptors (Lipinski definition) is 3. The summed E-state index contributed by atoms with van der Waals surface area (Å²) >= 11 is 17.1. The number of nitrogens with zero attached hydrogens (tertiary/aromatic N) is 1. The van der Waals surface area contributed by atoms with Crippen molar-refractivity contribution in [3.8, 4) is 11.6 Å². The van der Waals surface area contributed by atoms with Gasteiger partial charge < -0.3 is 9.72 Å². The van der Waals surface area contributed by atoms with Crippen molar-refractivity contribution in [2.45, 2.75) is 0 Å². The first kappa shape index (κ1) is 14.1. The first-order valence-electron chi connectivity index (χ1n) is 4.54. The van der Waals surface area contributed by atoms with Gasteiger partial charge in [-0.15, -0.1) is 0 Å². The summed E-state index contributed by atoms with van der Waals surface area (Å²) in [6.07, 6.45) is 1.26. The monoisotopic (exact) mass is 460 g/mol. The molecule has 0 spiro atoms. The number of hydrogen-bond donors (Lipinski definition) is 1. The predicted octanol–water partition coefficient (Wildman–Crippen LogP) is 4.24. The van der Waals surface area contributed by atoms with Gasteiger partial charge in [0.1, 0.15) is 9.32 Å². The van der Waals surface area contributed by atoms with E-state index in [1.54, 1.807) is 12.1 Å². The van der Waals surface area contributed by atoms with Crippen LogP contribution >= 0.6 is 61.7 Å². The van der Waals surface area contributed by atoms with Gasteiger partial charge in [0.2, 0.25) is 5.88 Å². The minimum Gasteiger partial charge on any atom is -0.436 e. The van der Waals surface area contributed by atoms with Crippen molar-refractivity contribution >= 4 is 61.7 Å². The molecule has 1 aromatic carbocycles. The molecule has 1 aromatic heterocycles. The van der Waals surface area contributed by atoms with Crippen molar-refractivity contribution in [3.63, 3.8) is 0 Å². The van der Waals surface area contributed by atoms with Crippen molar-refractivity contribution in [1.82, 2.24) is 9.97 Å². The lowest BCUT2D eigenvalue weighted by molar-refractivity contribution is 0.456. The van der Waals surface area contributed by atoms with E-state index in [0.29, 0.717) is 23.8 Å². The average Bonchev–Trinajstić information content (AvgIpc) is 2.32. The fourth-order valence-electron chi connectivity index (χ4n) is 1.12. The quantitative estimate of drug-likeness (QED) is 0.538. The summed E-state index contributed by atoms with van der Waals surface area (Å²) in [5.74, 6) is 0.514. The molecule has 0 radical (unpaired) electrons. The van der Waals surface area contributed by atoms with Crippen molar-refractivity contribution in [2.75, 3.05) is 0 Å². The largest absolute Gasteiger partial charge is 0.436 e. The van der Waals surface area contributed by atoms with Crippen LogP contribution in [0.5, 0.6) is 11.6 Å². The average molecular weight is 462 g/mol. The highest BCUT2D eigenvalue weighted by atomic mass is 127. The third-order valence-corrected chi connectivity index (χ3v) is 4.39. The van der Waals surface area contributed by atoms with Crippen LogP contribution < -0.4 is 10.3 Å². The maximum absolute atomic E-state index is 11.4. The predicted molar refractivity (Wildman–Crippen MR) is 81.8 cm³/mol. The summed E-state index contributed by atoms with van der Waals surface area (Å²) in [6.45, 7) is 0. The molecule has 0 bridgehead atoms. The van der Waals surface area contributed by atoms with Gasteiger partial charge in [-0.1, -0.05) is 23.2 Å². The van der Waals surface area contributed by atoms with Crippen LogP contribution in [0.3, 0.4) is 0 Å². The first-order chi connectivity index (χ1) is 8.49. The molecule has 18 heavy (non-hydrogen) atoms. The number of benzene rings is 1. The maximum Gasteiger partial charge on any atom is 0.268 e. The number of ether oxygens (including phenoxy) is 1. The third-order valence-electron chi connectivity index (χ3n) is 1.95. The van der Waals surface area contributed by atoms with E-state index in [1.807, 2.05) is 22.6 Å². The zero-order valence-corrected chi connectivity index (χ0v) is 13.8. The molecule has 2 aromatic rings. The van der Waals surface area contributed by atoms with Gasteiger partial charge in [-0.3, -0.25) is 4.79 Å². The summed E-state index contributed by atoms with van der Waals surface area (Å²) in [4.78, 5) is 17.8.